The third-order valence-electron chi connectivity index (χ3n) is 2.73. The van der Waals surface area contributed by atoms with Crippen molar-refractivity contribution in [3.05, 3.63) is 41.8 Å². The Morgan fingerprint density at radius 3 is 2.86 bits per heavy atom. The second-order valence-corrected chi connectivity index (χ2v) is 7.80. The van der Waals surface area contributed by atoms with Gasteiger partial charge in [0.2, 0.25) is 5.16 Å². The number of nitrogens with zero attached hydrogens (tertiary/aromatic N) is 4. The van der Waals surface area contributed by atoms with Crippen molar-refractivity contribution in [2.75, 3.05) is 11.0 Å². The molecule has 0 radical (unpaired) electrons. The minimum absolute atomic E-state index is 0.269. The van der Waals surface area contributed by atoms with E-state index in [0.29, 0.717) is 16.5 Å². The number of thioether (sulfide) groups is 1. The zero-order chi connectivity index (χ0) is 15.6. The average molecular weight is 353 g/mol. The number of sulfonamides is 1. The maximum Gasteiger partial charge on any atom is 0.271 e. The lowest BCUT2D eigenvalue weighted by molar-refractivity contribution is 0.603. The van der Waals surface area contributed by atoms with Gasteiger partial charge in [0, 0.05) is 0 Å². The zero-order valence-corrected chi connectivity index (χ0v) is 13.8. The van der Waals surface area contributed by atoms with E-state index in [9.17, 15) is 8.42 Å². The van der Waals surface area contributed by atoms with Crippen molar-refractivity contribution in [2.24, 2.45) is 0 Å². The van der Waals surface area contributed by atoms with Crippen LogP contribution in [-0.2, 0) is 10.0 Å². The molecule has 0 aliphatic heterocycles. The highest BCUT2D eigenvalue weighted by molar-refractivity contribution is 7.98. The molecule has 7 nitrogen and oxygen atoms in total. The van der Waals surface area contributed by atoms with Crippen LogP contribution >= 0.6 is 23.1 Å². The Morgan fingerprint density at radius 2 is 2.14 bits per heavy atom. The van der Waals surface area contributed by atoms with Gasteiger partial charge in [-0.05, 0) is 46.3 Å². The van der Waals surface area contributed by atoms with Crippen LogP contribution in [0.15, 0.2) is 51.1 Å². The number of nitrogens with one attached hydrogen (secondary N) is 1. The number of thiophene rings is 1. The van der Waals surface area contributed by atoms with Crippen molar-refractivity contribution in [1.29, 1.82) is 0 Å². The average Bonchev–Trinajstić information content (AvgIpc) is 3.18. The van der Waals surface area contributed by atoms with Crippen molar-refractivity contribution in [2.45, 2.75) is 9.37 Å². The fourth-order valence-corrected chi connectivity index (χ4v) is 4.27. The van der Waals surface area contributed by atoms with Crippen molar-refractivity contribution in [1.82, 2.24) is 20.2 Å². The summed E-state index contributed by atoms with van der Waals surface area (Å²) in [5.74, 6) is 0. The first-order chi connectivity index (χ1) is 10.6. The number of anilines is 1. The van der Waals surface area contributed by atoms with E-state index in [1.807, 2.05) is 6.26 Å². The van der Waals surface area contributed by atoms with Crippen molar-refractivity contribution < 1.29 is 8.42 Å². The predicted octanol–water partition coefficient (Wildman–Crippen LogP) is 2.25. The lowest BCUT2D eigenvalue weighted by atomic mass is 10.3. The molecule has 10 heteroatoms. The van der Waals surface area contributed by atoms with Crippen LogP contribution in [0.1, 0.15) is 0 Å². The molecule has 2 aromatic heterocycles. The third kappa shape index (κ3) is 2.98. The molecule has 3 aromatic rings. The molecule has 114 valence electrons. The van der Waals surface area contributed by atoms with Gasteiger partial charge in [-0.25, -0.2) is 8.42 Å². The molecule has 0 unspecified atom stereocenters. The van der Waals surface area contributed by atoms with E-state index < -0.39 is 10.0 Å². The summed E-state index contributed by atoms with van der Waals surface area (Å²) >= 11 is 2.57. The first-order valence-electron chi connectivity index (χ1n) is 6.09. The van der Waals surface area contributed by atoms with E-state index in [1.54, 1.807) is 46.5 Å². The summed E-state index contributed by atoms with van der Waals surface area (Å²) in [7, 11) is -3.57. The van der Waals surface area contributed by atoms with Crippen LogP contribution in [-0.4, -0.2) is 34.9 Å². The topological polar surface area (TPSA) is 89.8 Å². The molecule has 0 atom stereocenters. The summed E-state index contributed by atoms with van der Waals surface area (Å²) < 4.78 is 28.8. The van der Waals surface area contributed by atoms with Gasteiger partial charge in [0.15, 0.2) is 0 Å². The van der Waals surface area contributed by atoms with Gasteiger partial charge in [-0.3, -0.25) is 4.72 Å². The molecule has 0 bridgehead atoms. The lowest BCUT2D eigenvalue weighted by Crippen LogP contribution is -2.11. The molecule has 0 spiro atoms. The highest BCUT2D eigenvalue weighted by Gasteiger charge is 2.16. The maximum atomic E-state index is 12.2. The molecule has 0 saturated heterocycles. The van der Waals surface area contributed by atoms with Gasteiger partial charge in [-0.15, -0.1) is 16.4 Å². The monoisotopic (exact) mass is 353 g/mol. The molecule has 1 N–H and O–H groups in total. The van der Waals surface area contributed by atoms with Gasteiger partial charge in [0.05, 0.1) is 11.4 Å². The maximum absolute atomic E-state index is 12.2. The molecule has 0 aliphatic rings. The Bertz CT molecular complexity index is 874. The number of hydrogen-bond donors (Lipinski definition) is 1. The molecule has 2 heterocycles. The third-order valence-corrected chi connectivity index (χ3v) is 6.12. The summed E-state index contributed by atoms with van der Waals surface area (Å²) in [6, 6.07) is 10.2. The van der Waals surface area contributed by atoms with Gasteiger partial charge in [0.25, 0.3) is 10.0 Å². The first-order valence-corrected chi connectivity index (χ1v) is 9.68. The molecule has 0 saturated carbocycles. The molecule has 1 aromatic carbocycles. The quantitative estimate of drug-likeness (QED) is 0.708. The van der Waals surface area contributed by atoms with E-state index in [-0.39, 0.29) is 4.21 Å². The summed E-state index contributed by atoms with van der Waals surface area (Å²) in [5, 5.41) is 13.7. The van der Waals surface area contributed by atoms with Crippen molar-refractivity contribution in [3.63, 3.8) is 0 Å². The Kier molecular flexibility index (Phi) is 4.14. The number of aromatic nitrogens is 4. The lowest BCUT2D eigenvalue weighted by Gasteiger charge is -2.08. The number of benzene rings is 1. The standard InChI is InChI=1S/C12H11N5O2S3/c1-20-12-13-15-16-17(12)10-5-2-4-9(8-10)14-22(18,19)11-6-3-7-21-11/h2-8,14H,1H3. The van der Waals surface area contributed by atoms with Crippen LogP contribution in [0.25, 0.3) is 5.69 Å². The Hall–Kier alpha value is -1.91. The van der Waals surface area contributed by atoms with E-state index >= 15 is 0 Å². The van der Waals surface area contributed by atoms with E-state index in [1.165, 1.54) is 23.1 Å². The van der Waals surface area contributed by atoms with Crippen LogP contribution in [0.4, 0.5) is 5.69 Å². The Balaban J connectivity index is 1.92. The number of rotatable bonds is 5. The molecule has 0 fully saturated rings. The van der Waals surface area contributed by atoms with Gasteiger partial charge in [-0.2, -0.15) is 4.68 Å². The van der Waals surface area contributed by atoms with Crippen LogP contribution < -0.4 is 4.72 Å². The van der Waals surface area contributed by atoms with Gasteiger partial charge in [-0.1, -0.05) is 23.9 Å². The molecular formula is C12H11N5O2S3. The molecule has 22 heavy (non-hydrogen) atoms. The molecule has 0 aliphatic carbocycles. The van der Waals surface area contributed by atoms with Crippen molar-refractivity contribution >= 4 is 38.8 Å². The second-order valence-electron chi connectivity index (χ2n) is 4.17. The first kappa shape index (κ1) is 15.0. The second kappa shape index (κ2) is 6.07. The fourth-order valence-electron chi connectivity index (χ4n) is 1.79. The van der Waals surface area contributed by atoms with Gasteiger partial charge >= 0.3 is 0 Å². The Labute approximate surface area is 135 Å². The SMILES string of the molecule is CSc1nnnn1-c1cccc(NS(=O)(=O)c2cccs2)c1. The summed E-state index contributed by atoms with van der Waals surface area (Å²) in [6.07, 6.45) is 1.87. The van der Waals surface area contributed by atoms with E-state index in [0.717, 1.165) is 0 Å². The molecular weight excluding hydrogens is 342 g/mol. The van der Waals surface area contributed by atoms with E-state index in [2.05, 4.69) is 20.2 Å². The van der Waals surface area contributed by atoms with E-state index in [4.69, 9.17) is 0 Å². The molecule has 3 rings (SSSR count). The normalized spacial score (nSPS) is 11.5. The minimum atomic E-state index is -3.57. The minimum Gasteiger partial charge on any atom is -0.279 e. The van der Waals surface area contributed by atoms with Gasteiger partial charge in [0.1, 0.15) is 4.21 Å². The number of hydrogen-bond acceptors (Lipinski definition) is 7. The Morgan fingerprint density at radius 1 is 1.27 bits per heavy atom. The highest BCUT2D eigenvalue weighted by Crippen LogP contribution is 2.23. The van der Waals surface area contributed by atoms with Crippen molar-refractivity contribution in [3.8, 4) is 5.69 Å². The van der Waals surface area contributed by atoms with Crippen LogP contribution in [0.3, 0.4) is 0 Å². The smallest absolute Gasteiger partial charge is 0.271 e. The van der Waals surface area contributed by atoms with Crippen LogP contribution in [0, 0.1) is 0 Å². The highest BCUT2D eigenvalue weighted by atomic mass is 32.2. The summed E-state index contributed by atoms with van der Waals surface area (Å²) in [4.78, 5) is 0. The predicted molar refractivity (Wildman–Crippen MR) is 86.1 cm³/mol. The summed E-state index contributed by atoms with van der Waals surface area (Å²) in [6.45, 7) is 0. The van der Waals surface area contributed by atoms with Crippen LogP contribution in [0.5, 0.6) is 0 Å². The summed E-state index contributed by atoms with van der Waals surface area (Å²) in [5.41, 5.74) is 1.13. The largest absolute Gasteiger partial charge is 0.279 e. The number of tetrazole rings is 1. The van der Waals surface area contributed by atoms with Gasteiger partial charge < -0.3 is 0 Å². The van der Waals surface area contributed by atoms with Crippen LogP contribution in [0.2, 0.25) is 0 Å². The molecule has 0 amide bonds. The fraction of sp³-hybridized carbons (Fsp3) is 0.0833. The zero-order valence-electron chi connectivity index (χ0n) is 11.4.